The van der Waals surface area contributed by atoms with E-state index < -0.39 is 0 Å². The molecule has 1 unspecified atom stereocenters. The standard InChI is InChI=1S/C12H18N2OS/c1-2-12(5-6-13-9-12)11(15)14-8-10-4-3-7-16-10/h3-4,7,13H,2,5-6,8-9H2,1H3,(H,14,15). The first-order valence-electron chi connectivity index (χ1n) is 5.78. The van der Waals surface area contributed by atoms with E-state index >= 15 is 0 Å². The Kier molecular flexibility index (Phi) is 3.61. The van der Waals surface area contributed by atoms with Crippen LogP contribution < -0.4 is 10.6 Å². The van der Waals surface area contributed by atoms with Crippen molar-refractivity contribution in [2.45, 2.75) is 26.3 Å². The largest absolute Gasteiger partial charge is 0.351 e. The van der Waals surface area contributed by atoms with E-state index in [4.69, 9.17) is 0 Å². The summed E-state index contributed by atoms with van der Waals surface area (Å²) < 4.78 is 0. The minimum Gasteiger partial charge on any atom is -0.351 e. The molecule has 3 nitrogen and oxygen atoms in total. The molecule has 1 aromatic heterocycles. The first-order valence-corrected chi connectivity index (χ1v) is 6.66. The summed E-state index contributed by atoms with van der Waals surface area (Å²) >= 11 is 1.68. The number of nitrogens with one attached hydrogen (secondary N) is 2. The summed E-state index contributed by atoms with van der Waals surface area (Å²) in [5.74, 6) is 0.202. The van der Waals surface area contributed by atoms with Gasteiger partial charge in [0.05, 0.1) is 12.0 Å². The van der Waals surface area contributed by atoms with Crippen LogP contribution in [0.15, 0.2) is 17.5 Å². The minimum atomic E-state index is -0.169. The lowest BCUT2D eigenvalue weighted by molar-refractivity contribution is -0.130. The first kappa shape index (κ1) is 11.6. The molecule has 88 valence electrons. The van der Waals surface area contributed by atoms with Gasteiger partial charge >= 0.3 is 0 Å². The number of hydrogen-bond donors (Lipinski definition) is 2. The second kappa shape index (κ2) is 4.97. The van der Waals surface area contributed by atoms with Crippen molar-refractivity contribution in [1.29, 1.82) is 0 Å². The Morgan fingerprint density at radius 3 is 3.12 bits per heavy atom. The van der Waals surface area contributed by atoms with Gasteiger partial charge in [0.1, 0.15) is 0 Å². The fourth-order valence-corrected chi connectivity index (χ4v) is 2.81. The van der Waals surface area contributed by atoms with E-state index in [-0.39, 0.29) is 11.3 Å². The van der Waals surface area contributed by atoms with Crippen LogP contribution in [0.1, 0.15) is 24.6 Å². The average molecular weight is 238 g/mol. The van der Waals surface area contributed by atoms with E-state index in [9.17, 15) is 4.79 Å². The Labute approximate surface area is 100 Å². The Balaban J connectivity index is 1.91. The van der Waals surface area contributed by atoms with Crippen LogP contribution in [0.2, 0.25) is 0 Å². The normalized spacial score (nSPS) is 24.6. The molecule has 2 N–H and O–H groups in total. The third-order valence-electron chi connectivity index (χ3n) is 3.41. The maximum Gasteiger partial charge on any atom is 0.227 e. The SMILES string of the molecule is CCC1(C(=O)NCc2cccs2)CCNC1. The molecular formula is C12H18N2OS. The monoisotopic (exact) mass is 238 g/mol. The summed E-state index contributed by atoms with van der Waals surface area (Å²) in [5.41, 5.74) is -0.169. The molecule has 1 atom stereocenters. The molecular weight excluding hydrogens is 220 g/mol. The molecule has 1 aliphatic rings. The molecule has 0 bridgehead atoms. The molecule has 0 spiro atoms. The highest BCUT2D eigenvalue weighted by molar-refractivity contribution is 7.09. The summed E-state index contributed by atoms with van der Waals surface area (Å²) in [6, 6.07) is 4.06. The first-order chi connectivity index (χ1) is 7.77. The summed E-state index contributed by atoms with van der Waals surface area (Å²) in [6.45, 7) is 4.54. The highest BCUT2D eigenvalue weighted by Gasteiger charge is 2.39. The quantitative estimate of drug-likeness (QED) is 0.839. The Morgan fingerprint density at radius 1 is 1.69 bits per heavy atom. The molecule has 4 heteroatoms. The highest BCUT2D eigenvalue weighted by atomic mass is 32.1. The predicted octanol–water partition coefficient (Wildman–Crippen LogP) is 1.75. The highest BCUT2D eigenvalue weighted by Crippen LogP contribution is 2.29. The number of rotatable bonds is 4. The molecule has 1 aromatic rings. The van der Waals surface area contributed by atoms with Crippen molar-refractivity contribution in [2.24, 2.45) is 5.41 Å². The van der Waals surface area contributed by atoms with Crippen LogP contribution in [-0.2, 0) is 11.3 Å². The third kappa shape index (κ3) is 2.28. The molecule has 0 radical (unpaired) electrons. The summed E-state index contributed by atoms with van der Waals surface area (Å²) in [7, 11) is 0. The summed E-state index contributed by atoms with van der Waals surface area (Å²) in [5, 5.41) is 8.37. The molecule has 1 fully saturated rings. The zero-order chi connectivity index (χ0) is 11.4. The van der Waals surface area contributed by atoms with E-state index in [1.807, 2.05) is 11.4 Å². The second-order valence-corrected chi connectivity index (χ2v) is 5.35. The van der Waals surface area contributed by atoms with Gasteiger partial charge in [-0.05, 0) is 30.8 Å². The Bertz CT molecular complexity index is 342. The van der Waals surface area contributed by atoms with Crippen LogP contribution in [0.25, 0.3) is 0 Å². The number of thiophene rings is 1. The van der Waals surface area contributed by atoms with Gasteiger partial charge in [0.15, 0.2) is 0 Å². The van der Waals surface area contributed by atoms with Crippen molar-refractivity contribution in [3.05, 3.63) is 22.4 Å². The van der Waals surface area contributed by atoms with Crippen molar-refractivity contribution in [3.8, 4) is 0 Å². The number of carbonyl (C=O) groups excluding carboxylic acids is 1. The van der Waals surface area contributed by atoms with Crippen LogP contribution in [-0.4, -0.2) is 19.0 Å². The van der Waals surface area contributed by atoms with Gasteiger partial charge in [0, 0.05) is 11.4 Å². The third-order valence-corrected chi connectivity index (χ3v) is 4.28. The number of amides is 1. The van der Waals surface area contributed by atoms with Crippen molar-refractivity contribution in [3.63, 3.8) is 0 Å². The molecule has 2 heterocycles. The van der Waals surface area contributed by atoms with Crippen LogP contribution in [0.3, 0.4) is 0 Å². The molecule has 2 rings (SSSR count). The van der Waals surface area contributed by atoms with Gasteiger partial charge in [-0.15, -0.1) is 11.3 Å². The van der Waals surface area contributed by atoms with E-state index in [0.29, 0.717) is 6.54 Å². The van der Waals surface area contributed by atoms with Gasteiger partial charge in [0.25, 0.3) is 0 Å². The maximum atomic E-state index is 12.1. The van der Waals surface area contributed by atoms with E-state index in [2.05, 4.69) is 23.6 Å². The van der Waals surface area contributed by atoms with Gasteiger partial charge in [-0.3, -0.25) is 4.79 Å². The summed E-state index contributed by atoms with van der Waals surface area (Å²) in [6.07, 6.45) is 1.87. The van der Waals surface area contributed by atoms with E-state index in [1.54, 1.807) is 11.3 Å². The average Bonchev–Trinajstić information content (AvgIpc) is 2.97. The van der Waals surface area contributed by atoms with Crippen LogP contribution in [0.5, 0.6) is 0 Å². The van der Waals surface area contributed by atoms with Crippen molar-refractivity contribution in [2.75, 3.05) is 13.1 Å². The molecule has 16 heavy (non-hydrogen) atoms. The zero-order valence-electron chi connectivity index (χ0n) is 9.58. The predicted molar refractivity (Wildman–Crippen MR) is 66.4 cm³/mol. The fraction of sp³-hybridized carbons (Fsp3) is 0.583. The van der Waals surface area contributed by atoms with Gasteiger partial charge in [-0.1, -0.05) is 13.0 Å². The fourth-order valence-electron chi connectivity index (χ4n) is 2.17. The van der Waals surface area contributed by atoms with Crippen LogP contribution in [0.4, 0.5) is 0 Å². The Morgan fingerprint density at radius 2 is 2.56 bits per heavy atom. The number of hydrogen-bond acceptors (Lipinski definition) is 3. The minimum absolute atomic E-state index is 0.169. The summed E-state index contributed by atoms with van der Waals surface area (Å²) in [4.78, 5) is 13.4. The van der Waals surface area contributed by atoms with Crippen LogP contribution >= 0.6 is 11.3 Å². The lowest BCUT2D eigenvalue weighted by Crippen LogP contribution is -2.41. The van der Waals surface area contributed by atoms with E-state index in [1.165, 1.54) is 4.88 Å². The lowest BCUT2D eigenvalue weighted by atomic mass is 9.83. The zero-order valence-corrected chi connectivity index (χ0v) is 10.4. The van der Waals surface area contributed by atoms with Crippen molar-refractivity contribution >= 4 is 17.2 Å². The van der Waals surface area contributed by atoms with Crippen LogP contribution in [0, 0.1) is 5.41 Å². The van der Waals surface area contributed by atoms with Gasteiger partial charge in [0.2, 0.25) is 5.91 Å². The van der Waals surface area contributed by atoms with Gasteiger partial charge < -0.3 is 10.6 Å². The van der Waals surface area contributed by atoms with E-state index in [0.717, 1.165) is 25.9 Å². The number of carbonyl (C=O) groups is 1. The van der Waals surface area contributed by atoms with Gasteiger partial charge in [-0.25, -0.2) is 0 Å². The van der Waals surface area contributed by atoms with Crippen molar-refractivity contribution in [1.82, 2.24) is 10.6 Å². The molecule has 0 saturated carbocycles. The second-order valence-electron chi connectivity index (χ2n) is 4.32. The molecule has 0 aliphatic carbocycles. The molecule has 0 aromatic carbocycles. The topological polar surface area (TPSA) is 41.1 Å². The van der Waals surface area contributed by atoms with Gasteiger partial charge in [-0.2, -0.15) is 0 Å². The molecule has 1 saturated heterocycles. The smallest absolute Gasteiger partial charge is 0.227 e. The molecule has 1 amide bonds. The maximum absolute atomic E-state index is 12.1. The van der Waals surface area contributed by atoms with Crippen molar-refractivity contribution < 1.29 is 4.79 Å². The Hall–Kier alpha value is -0.870. The lowest BCUT2D eigenvalue weighted by Gasteiger charge is -2.25. The molecule has 1 aliphatic heterocycles.